The molecule has 9 heteroatoms. The van der Waals surface area contributed by atoms with E-state index in [1.54, 1.807) is 6.92 Å². The Morgan fingerprint density at radius 3 is 2.45 bits per heavy atom. The molecule has 0 atom stereocenters. The summed E-state index contributed by atoms with van der Waals surface area (Å²) in [7, 11) is -1.05. The van der Waals surface area contributed by atoms with Gasteiger partial charge in [0.25, 0.3) is 0 Å². The Morgan fingerprint density at radius 1 is 1.45 bits per heavy atom. The number of sulfonamides is 1. The molecule has 1 amide bonds. The Morgan fingerprint density at radius 2 is 2.05 bits per heavy atom. The number of amides is 1. The van der Waals surface area contributed by atoms with E-state index in [9.17, 15) is 18.0 Å². The van der Waals surface area contributed by atoms with Gasteiger partial charge in [-0.05, 0) is 6.07 Å². The van der Waals surface area contributed by atoms with E-state index in [4.69, 9.17) is 5.11 Å². The largest absolute Gasteiger partial charge is 0.477 e. The number of rotatable bonds is 6. The number of aromatic carboxylic acids is 1. The molecule has 1 rings (SSSR count). The summed E-state index contributed by atoms with van der Waals surface area (Å²) in [6.07, 6.45) is 1.21. The molecule has 0 radical (unpaired) electrons. The van der Waals surface area contributed by atoms with Gasteiger partial charge in [-0.1, -0.05) is 6.92 Å². The van der Waals surface area contributed by atoms with Crippen LogP contribution in [-0.4, -0.2) is 54.4 Å². The number of likely N-dealkylation sites (N-methyl/N-ethyl adjacent to an activating group) is 2. The number of hydrogen-bond donors (Lipinski definition) is 2. The van der Waals surface area contributed by atoms with Crippen LogP contribution in [-0.2, 0) is 21.9 Å². The first kappa shape index (κ1) is 16.2. The van der Waals surface area contributed by atoms with E-state index in [1.807, 2.05) is 0 Å². The molecular weight excluding hydrogens is 286 g/mol. The summed E-state index contributed by atoms with van der Waals surface area (Å²) in [6, 6.07) is 1.07. The summed E-state index contributed by atoms with van der Waals surface area (Å²) >= 11 is 0. The van der Waals surface area contributed by atoms with Gasteiger partial charge >= 0.3 is 5.97 Å². The number of aryl methyl sites for hydroxylation is 1. The number of carboxylic acids is 1. The maximum Gasteiger partial charge on any atom is 0.352 e. The van der Waals surface area contributed by atoms with Crippen LogP contribution in [0.2, 0.25) is 0 Å². The third-order valence-corrected chi connectivity index (χ3v) is 4.67. The number of aromatic nitrogens is 1. The van der Waals surface area contributed by atoms with Crippen LogP contribution < -0.4 is 5.32 Å². The van der Waals surface area contributed by atoms with Crippen molar-refractivity contribution in [2.45, 2.75) is 11.8 Å². The Hall–Kier alpha value is -1.87. The fourth-order valence-corrected chi connectivity index (χ4v) is 3.12. The molecule has 0 bridgehead atoms. The second kappa shape index (κ2) is 6.06. The van der Waals surface area contributed by atoms with E-state index in [-0.39, 0.29) is 23.7 Å². The van der Waals surface area contributed by atoms with Crippen molar-refractivity contribution in [1.29, 1.82) is 0 Å². The van der Waals surface area contributed by atoms with E-state index < -0.39 is 21.9 Å². The molecule has 1 aromatic heterocycles. The summed E-state index contributed by atoms with van der Waals surface area (Å²) < 4.78 is 26.9. The summed E-state index contributed by atoms with van der Waals surface area (Å²) in [5, 5.41) is 11.3. The van der Waals surface area contributed by atoms with Gasteiger partial charge in [0.1, 0.15) is 10.6 Å². The predicted octanol–water partition coefficient (Wildman–Crippen LogP) is -0.520. The fourth-order valence-electron chi connectivity index (χ4n) is 1.64. The molecule has 1 aromatic rings. The number of nitrogens with one attached hydrogen (secondary N) is 1. The first-order chi connectivity index (χ1) is 9.23. The zero-order valence-corrected chi connectivity index (χ0v) is 12.3. The number of carbonyl (C=O) groups is 2. The SMILES string of the molecule is CCN(CC(=O)NC)S(=O)(=O)c1cc(C(=O)O)n(C)c1. The number of carbonyl (C=O) groups excluding carboxylic acids is 1. The third kappa shape index (κ3) is 3.17. The van der Waals surface area contributed by atoms with Crippen LogP contribution in [0, 0.1) is 0 Å². The molecule has 8 nitrogen and oxygen atoms in total. The summed E-state index contributed by atoms with van der Waals surface area (Å²) in [5.41, 5.74) is -0.139. The lowest BCUT2D eigenvalue weighted by molar-refractivity contribution is -0.120. The van der Waals surface area contributed by atoms with Crippen molar-refractivity contribution >= 4 is 21.9 Å². The molecule has 20 heavy (non-hydrogen) atoms. The van der Waals surface area contributed by atoms with E-state index in [2.05, 4.69) is 5.32 Å². The smallest absolute Gasteiger partial charge is 0.352 e. The minimum atomic E-state index is -3.90. The second-order valence-corrected chi connectivity index (χ2v) is 6.02. The van der Waals surface area contributed by atoms with E-state index in [1.165, 1.54) is 24.9 Å². The molecule has 0 aliphatic heterocycles. The van der Waals surface area contributed by atoms with Crippen molar-refractivity contribution in [2.24, 2.45) is 7.05 Å². The lowest BCUT2D eigenvalue weighted by Crippen LogP contribution is -2.39. The maximum absolute atomic E-state index is 12.3. The van der Waals surface area contributed by atoms with Crippen molar-refractivity contribution in [2.75, 3.05) is 20.1 Å². The number of nitrogens with zero attached hydrogens (tertiary/aromatic N) is 2. The molecule has 2 N–H and O–H groups in total. The molecule has 0 saturated carbocycles. The van der Waals surface area contributed by atoms with Crippen molar-refractivity contribution in [1.82, 2.24) is 14.2 Å². The van der Waals surface area contributed by atoms with Gasteiger partial charge < -0.3 is 15.0 Å². The average molecular weight is 303 g/mol. The van der Waals surface area contributed by atoms with Gasteiger partial charge in [0.15, 0.2) is 0 Å². The minimum absolute atomic E-state index is 0.104. The first-order valence-electron chi connectivity index (χ1n) is 5.84. The highest BCUT2D eigenvalue weighted by atomic mass is 32.2. The molecule has 0 spiro atoms. The number of carboxylic acid groups (broad SMARTS) is 1. The van der Waals surface area contributed by atoms with E-state index in [0.29, 0.717) is 0 Å². The van der Waals surface area contributed by atoms with Crippen LogP contribution in [0.1, 0.15) is 17.4 Å². The molecular formula is C11H17N3O5S. The molecule has 0 unspecified atom stereocenters. The molecule has 112 valence electrons. The van der Waals surface area contributed by atoms with Gasteiger partial charge in [-0.25, -0.2) is 13.2 Å². The van der Waals surface area contributed by atoms with Gasteiger partial charge in [-0.2, -0.15) is 4.31 Å². The second-order valence-electron chi connectivity index (χ2n) is 4.08. The van der Waals surface area contributed by atoms with E-state index >= 15 is 0 Å². The van der Waals surface area contributed by atoms with Crippen LogP contribution in [0.5, 0.6) is 0 Å². The standard InChI is InChI=1S/C11H17N3O5S/c1-4-14(7-10(15)12-2)20(18,19)8-5-9(11(16)17)13(3)6-8/h5-6H,4,7H2,1-3H3,(H,12,15)(H,16,17). The average Bonchev–Trinajstić information content (AvgIpc) is 2.78. The summed E-state index contributed by atoms with van der Waals surface area (Å²) in [4.78, 5) is 22.1. The highest BCUT2D eigenvalue weighted by molar-refractivity contribution is 7.89. The van der Waals surface area contributed by atoms with Gasteiger partial charge in [-0.3, -0.25) is 4.79 Å². The fraction of sp³-hybridized carbons (Fsp3) is 0.455. The van der Waals surface area contributed by atoms with Gasteiger partial charge in [0.2, 0.25) is 15.9 Å². The van der Waals surface area contributed by atoms with Gasteiger partial charge in [-0.15, -0.1) is 0 Å². The van der Waals surface area contributed by atoms with Crippen LogP contribution in [0.4, 0.5) is 0 Å². The normalized spacial score (nSPS) is 11.6. The van der Waals surface area contributed by atoms with Crippen LogP contribution in [0.15, 0.2) is 17.2 Å². The molecule has 0 aliphatic carbocycles. The maximum atomic E-state index is 12.3. The third-order valence-electron chi connectivity index (χ3n) is 2.79. The Kier molecular flexibility index (Phi) is 4.90. The zero-order chi connectivity index (χ0) is 15.5. The van der Waals surface area contributed by atoms with Crippen molar-refractivity contribution in [3.05, 3.63) is 18.0 Å². The zero-order valence-electron chi connectivity index (χ0n) is 11.5. The Labute approximate surface area is 117 Å². The molecule has 0 saturated heterocycles. The van der Waals surface area contributed by atoms with Crippen molar-refractivity contribution < 1.29 is 23.1 Å². The topological polar surface area (TPSA) is 109 Å². The summed E-state index contributed by atoms with van der Waals surface area (Å²) in [5.74, 6) is -1.66. The highest BCUT2D eigenvalue weighted by Gasteiger charge is 2.27. The van der Waals surface area contributed by atoms with Crippen LogP contribution >= 0.6 is 0 Å². The monoisotopic (exact) mass is 303 g/mol. The van der Waals surface area contributed by atoms with Crippen molar-refractivity contribution in [3.63, 3.8) is 0 Å². The number of hydrogen-bond acceptors (Lipinski definition) is 4. The predicted molar refractivity (Wildman–Crippen MR) is 70.9 cm³/mol. The molecule has 0 aromatic carbocycles. The molecule has 1 heterocycles. The van der Waals surface area contributed by atoms with Crippen molar-refractivity contribution in [3.8, 4) is 0 Å². The quantitative estimate of drug-likeness (QED) is 0.735. The van der Waals surface area contributed by atoms with Gasteiger partial charge in [0.05, 0.1) is 6.54 Å². The van der Waals surface area contributed by atoms with Crippen LogP contribution in [0.25, 0.3) is 0 Å². The minimum Gasteiger partial charge on any atom is -0.477 e. The Bertz CT molecular complexity index is 620. The van der Waals surface area contributed by atoms with E-state index in [0.717, 1.165) is 10.4 Å². The molecule has 0 aliphatic rings. The Balaban J connectivity index is 3.17. The van der Waals surface area contributed by atoms with Gasteiger partial charge in [0, 0.05) is 26.8 Å². The summed E-state index contributed by atoms with van der Waals surface area (Å²) in [6.45, 7) is 1.39. The highest BCUT2D eigenvalue weighted by Crippen LogP contribution is 2.18. The van der Waals surface area contributed by atoms with Crippen LogP contribution in [0.3, 0.4) is 0 Å². The lowest BCUT2D eigenvalue weighted by atomic mass is 10.4. The molecule has 0 fully saturated rings. The lowest BCUT2D eigenvalue weighted by Gasteiger charge is -2.18. The first-order valence-corrected chi connectivity index (χ1v) is 7.28.